The Morgan fingerprint density at radius 3 is 2.53 bits per heavy atom. The predicted molar refractivity (Wildman–Crippen MR) is 63.8 cm³/mol. The third-order valence-electron chi connectivity index (χ3n) is 2.17. The molecule has 0 rings (SSSR count). The van der Waals surface area contributed by atoms with Gasteiger partial charge in [-0.1, -0.05) is 51.7 Å². The third-order valence-corrected chi connectivity index (χ3v) is 2.17. The number of hydrogen-bond acceptors (Lipinski definition) is 2. The van der Waals surface area contributed by atoms with Gasteiger partial charge in [-0.15, -0.1) is 0 Å². The minimum Gasteiger partial charge on any atom is -0.465 e. The molecule has 0 aromatic heterocycles. The lowest BCUT2D eigenvalue weighted by Gasteiger charge is -2.02. The lowest BCUT2D eigenvalue weighted by atomic mass is 10.2. The molecular weight excluding hydrogens is 188 g/mol. The van der Waals surface area contributed by atoms with E-state index in [0.717, 1.165) is 25.7 Å². The Morgan fingerprint density at radius 2 is 1.87 bits per heavy atom. The van der Waals surface area contributed by atoms with Crippen LogP contribution in [0.3, 0.4) is 0 Å². The Morgan fingerprint density at radius 1 is 1.07 bits per heavy atom. The van der Waals surface area contributed by atoms with Crippen LogP contribution in [0.1, 0.15) is 58.8 Å². The van der Waals surface area contributed by atoms with Gasteiger partial charge in [0.2, 0.25) is 0 Å². The van der Waals surface area contributed by atoms with Gasteiger partial charge in [0, 0.05) is 0 Å². The second-order valence-electron chi connectivity index (χ2n) is 3.75. The molecule has 0 aromatic carbocycles. The van der Waals surface area contributed by atoms with Crippen molar-refractivity contribution in [1.29, 1.82) is 0 Å². The number of hydrogen-bond donors (Lipinski definition) is 0. The molecule has 0 atom stereocenters. The smallest absolute Gasteiger partial charge is 0.309 e. The Labute approximate surface area is 93.7 Å². The van der Waals surface area contributed by atoms with E-state index in [1.165, 1.54) is 12.8 Å². The molecule has 0 aliphatic carbocycles. The molecule has 0 saturated heterocycles. The Hall–Kier alpha value is -0.790. The van der Waals surface area contributed by atoms with E-state index < -0.39 is 0 Å². The van der Waals surface area contributed by atoms with E-state index in [-0.39, 0.29) is 5.97 Å². The SMILES string of the molecule is CCC/C=C\CC(=O)OCCCCCC. The number of ether oxygens (including phenoxy) is 1. The van der Waals surface area contributed by atoms with Crippen LogP contribution in [0.15, 0.2) is 12.2 Å². The summed E-state index contributed by atoms with van der Waals surface area (Å²) >= 11 is 0. The zero-order chi connectivity index (χ0) is 11.4. The number of esters is 1. The van der Waals surface area contributed by atoms with Gasteiger partial charge in [0.05, 0.1) is 13.0 Å². The highest BCUT2D eigenvalue weighted by atomic mass is 16.5. The molecule has 15 heavy (non-hydrogen) atoms. The van der Waals surface area contributed by atoms with E-state index in [4.69, 9.17) is 4.74 Å². The van der Waals surface area contributed by atoms with Crippen molar-refractivity contribution in [3.05, 3.63) is 12.2 Å². The van der Waals surface area contributed by atoms with Gasteiger partial charge in [-0.05, 0) is 12.8 Å². The maximum Gasteiger partial charge on any atom is 0.309 e. The van der Waals surface area contributed by atoms with Gasteiger partial charge in [-0.25, -0.2) is 0 Å². The topological polar surface area (TPSA) is 26.3 Å². The number of allylic oxidation sites excluding steroid dienone is 1. The molecule has 0 aliphatic heterocycles. The Balaban J connectivity index is 3.25. The average molecular weight is 212 g/mol. The molecule has 2 nitrogen and oxygen atoms in total. The summed E-state index contributed by atoms with van der Waals surface area (Å²) in [6.07, 6.45) is 11.1. The lowest BCUT2D eigenvalue weighted by molar-refractivity contribution is -0.142. The van der Waals surface area contributed by atoms with Crippen LogP contribution in [0.25, 0.3) is 0 Å². The van der Waals surface area contributed by atoms with Crippen molar-refractivity contribution in [2.75, 3.05) is 6.61 Å². The molecule has 0 amide bonds. The first-order valence-electron chi connectivity index (χ1n) is 6.11. The van der Waals surface area contributed by atoms with Crippen molar-refractivity contribution >= 4 is 5.97 Å². The van der Waals surface area contributed by atoms with Gasteiger partial charge in [-0.2, -0.15) is 0 Å². The van der Waals surface area contributed by atoms with Crippen LogP contribution in [-0.4, -0.2) is 12.6 Å². The minimum absolute atomic E-state index is 0.0983. The standard InChI is InChI=1S/C13H24O2/c1-3-5-7-9-11-13(14)15-12-10-8-6-4-2/h7,9H,3-6,8,10-12H2,1-2H3/b9-7-. The van der Waals surface area contributed by atoms with Crippen molar-refractivity contribution in [2.45, 2.75) is 58.8 Å². The van der Waals surface area contributed by atoms with E-state index in [1.807, 2.05) is 12.2 Å². The summed E-state index contributed by atoms with van der Waals surface area (Å²) in [5.41, 5.74) is 0. The number of unbranched alkanes of at least 4 members (excludes halogenated alkanes) is 4. The monoisotopic (exact) mass is 212 g/mol. The molecular formula is C13H24O2. The minimum atomic E-state index is -0.0983. The van der Waals surface area contributed by atoms with E-state index in [9.17, 15) is 4.79 Å². The normalized spacial score (nSPS) is 10.8. The molecule has 88 valence electrons. The summed E-state index contributed by atoms with van der Waals surface area (Å²) in [5.74, 6) is -0.0983. The van der Waals surface area contributed by atoms with E-state index >= 15 is 0 Å². The van der Waals surface area contributed by atoms with Gasteiger partial charge in [0.1, 0.15) is 0 Å². The second-order valence-corrected chi connectivity index (χ2v) is 3.75. The van der Waals surface area contributed by atoms with Gasteiger partial charge in [0.15, 0.2) is 0 Å². The lowest BCUT2D eigenvalue weighted by Crippen LogP contribution is -2.04. The summed E-state index contributed by atoms with van der Waals surface area (Å²) in [5, 5.41) is 0. The van der Waals surface area contributed by atoms with Crippen LogP contribution in [-0.2, 0) is 9.53 Å². The van der Waals surface area contributed by atoms with Gasteiger partial charge >= 0.3 is 5.97 Å². The summed E-state index contributed by atoms with van der Waals surface area (Å²) in [4.78, 5) is 11.2. The molecule has 0 bridgehead atoms. The van der Waals surface area contributed by atoms with E-state index in [0.29, 0.717) is 13.0 Å². The van der Waals surface area contributed by atoms with Crippen LogP contribution in [0.2, 0.25) is 0 Å². The third kappa shape index (κ3) is 11.1. The zero-order valence-corrected chi connectivity index (χ0v) is 10.1. The van der Waals surface area contributed by atoms with E-state index in [2.05, 4.69) is 13.8 Å². The zero-order valence-electron chi connectivity index (χ0n) is 10.1. The predicted octanol–water partition coefficient (Wildman–Crippen LogP) is 3.86. The molecule has 0 saturated carbocycles. The van der Waals surface area contributed by atoms with Crippen LogP contribution in [0.5, 0.6) is 0 Å². The Bertz CT molecular complexity index is 173. The van der Waals surface area contributed by atoms with Crippen molar-refractivity contribution in [1.82, 2.24) is 0 Å². The van der Waals surface area contributed by atoms with Crippen LogP contribution >= 0.6 is 0 Å². The van der Waals surface area contributed by atoms with Crippen molar-refractivity contribution in [2.24, 2.45) is 0 Å². The molecule has 2 heteroatoms. The summed E-state index contributed by atoms with van der Waals surface area (Å²) in [6, 6.07) is 0. The largest absolute Gasteiger partial charge is 0.465 e. The van der Waals surface area contributed by atoms with Crippen molar-refractivity contribution in [3.8, 4) is 0 Å². The molecule has 0 spiro atoms. The van der Waals surface area contributed by atoms with Gasteiger partial charge in [0.25, 0.3) is 0 Å². The summed E-state index contributed by atoms with van der Waals surface area (Å²) in [7, 11) is 0. The van der Waals surface area contributed by atoms with E-state index in [1.54, 1.807) is 0 Å². The van der Waals surface area contributed by atoms with Crippen LogP contribution in [0.4, 0.5) is 0 Å². The first kappa shape index (κ1) is 14.2. The molecule has 0 heterocycles. The highest BCUT2D eigenvalue weighted by Gasteiger charge is 1.98. The maximum atomic E-state index is 11.2. The molecule has 0 aromatic rings. The average Bonchev–Trinajstić information content (AvgIpc) is 2.24. The fourth-order valence-corrected chi connectivity index (χ4v) is 1.24. The maximum absolute atomic E-state index is 11.2. The Kier molecular flexibility index (Phi) is 10.7. The highest BCUT2D eigenvalue weighted by molar-refractivity contribution is 5.71. The number of carbonyl (C=O) groups is 1. The molecule has 0 aliphatic rings. The van der Waals surface area contributed by atoms with Gasteiger partial charge in [-0.3, -0.25) is 4.79 Å². The number of rotatable bonds is 9. The molecule has 0 fully saturated rings. The molecule has 0 unspecified atom stereocenters. The van der Waals surface area contributed by atoms with Crippen molar-refractivity contribution in [3.63, 3.8) is 0 Å². The molecule has 0 radical (unpaired) electrons. The summed E-state index contributed by atoms with van der Waals surface area (Å²) in [6.45, 7) is 4.88. The van der Waals surface area contributed by atoms with Gasteiger partial charge < -0.3 is 4.74 Å². The fraction of sp³-hybridized carbons (Fsp3) is 0.769. The fourth-order valence-electron chi connectivity index (χ4n) is 1.24. The summed E-state index contributed by atoms with van der Waals surface area (Å²) < 4.78 is 5.08. The molecule has 0 N–H and O–H groups in total. The first-order valence-corrected chi connectivity index (χ1v) is 6.11. The van der Waals surface area contributed by atoms with Crippen LogP contribution < -0.4 is 0 Å². The number of carbonyl (C=O) groups excluding carboxylic acids is 1. The highest BCUT2D eigenvalue weighted by Crippen LogP contribution is 2.00. The first-order chi connectivity index (χ1) is 7.31. The van der Waals surface area contributed by atoms with Crippen molar-refractivity contribution < 1.29 is 9.53 Å². The quantitative estimate of drug-likeness (QED) is 0.329. The second kappa shape index (κ2) is 11.3. The van der Waals surface area contributed by atoms with Crippen LogP contribution in [0, 0.1) is 0 Å².